The second-order valence-electron chi connectivity index (χ2n) is 5.32. The topological polar surface area (TPSA) is 32.3 Å². The Hall–Kier alpha value is -0.220. The smallest absolute Gasteiger partial charge is 0.241 e. The highest BCUT2D eigenvalue weighted by atomic mass is 32.2. The molecule has 1 amide bonds. The second-order valence-corrected chi connectivity index (χ2v) is 6.23. The van der Waals surface area contributed by atoms with E-state index in [1.54, 1.807) is 11.8 Å². The third-order valence-electron chi connectivity index (χ3n) is 3.27. The van der Waals surface area contributed by atoms with Gasteiger partial charge in [-0.3, -0.25) is 10.1 Å². The summed E-state index contributed by atoms with van der Waals surface area (Å²) in [5.41, 5.74) is 0. The van der Waals surface area contributed by atoms with Crippen LogP contribution in [0.1, 0.15) is 40.5 Å². The van der Waals surface area contributed by atoms with Crippen LogP contribution in [0.3, 0.4) is 0 Å². The van der Waals surface area contributed by atoms with Gasteiger partial charge in [0.15, 0.2) is 0 Å². The summed E-state index contributed by atoms with van der Waals surface area (Å²) in [6, 6.07) is 0.355. The molecule has 100 valence electrons. The van der Waals surface area contributed by atoms with Gasteiger partial charge in [-0.1, -0.05) is 20.8 Å². The number of nitrogens with zero attached hydrogens (tertiary/aromatic N) is 1. The van der Waals surface area contributed by atoms with Crippen molar-refractivity contribution in [1.29, 1.82) is 0 Å². The van der Waals surface area contributed by atoms with Gasteiger partial charge in [-0.25, -0.2) is 0 Å². The quantitative estimate of drug-likeness (QED) is 0.793. The molecule has 3 nitrogen and oxygen atoms in total. The first kappa shape index (κ1) is 14.8. The van der Waals surface area contributed by atoms with Crippen LogP contribution in [0.4, 0.5) is 0 Å². The Labute approximate surface area is 110 Å². The van der Waals surface area contributed by atoms with E-state index >= 15 is 0 Å². The minimum Gasteiger partial charge on any atom is -0.322 e. The first-order valence-corrected chi connectivity index (χ1v) is 7.97. The van der Waals surface area contributed by atoms with Crippen LogP contribution in [-0.2, 0) is 4.79 Å². The van der Waals surface area contributed by atoms with E-state index in [1.165, 1.54) is 0 Å². The lowest BCUT2D eigenvalue weighted by molar-refractivity contribution is -0.131. The van der Waals surface area contributed by atoms with Crippen LogP contribution in [0.2, 0.25) is 0 Å². The van der Waals surface area contributed by atoms with E-state index in [2.05, 4.69) is 44.2 Å². The Morgan fingerprint density at radius 2 is 2.06 bits per heavy atom. The van der Waals surface area contributed by atoms with Crippen molar-refractivity contribution in [3.8, 4) is 0 Å². The van der Waals surface area contributed by atoms with Crippen molar-refractivity contribution < 1.29 is 4.79 Å². The molecular formula is C13H26N2OS. The van der Waals surface area contributed by atoms with E-state index in [1.807, 2.05) is 0 Å². The van der Waals surface area contributed by atoms with Gasteiger partial charge < -0.3 is 4.90 Å². The number of carbonyl (C=O) groups excluding carboxylic acids is 1. The predicted octanol–water partition coefficient (Wildman–Crippen LogP) is 2.32. The van der Waals surface area contributed by atoms with E-state index in [4.69, 9.17) is 0 Å². The Kier molecular flexibility index (Phi) is 5.80. The average molecular weight is 258 g/mol. The highest BCUT2D eigenvalue weighted by molar-refractivity contribution is 7.98. The monoisotopic (exact) mass is 258 g/mol. The zero-order chi connectivity index (χ0) is 13.0. The molecule has 1 heterocycles. The summed E-state index contributed by atoms with van der Waals surface area (Å²) in [5, 5.41) is 3.48. The first-order chi connectivity index (χ1) is 8.01. The summed E-state index contributed by atoms with van der Waals surface area (Å²) in [6.45, 7) is 8.65. The molecule has 0 aliphatic carbocycles. The highest BCUT2D eigenvalue weighted by Crippen LogP contribution is 2.22. The van der Waals surface area contributed by atoms with Gasteiger partial charge in [-0.15, -0.1) is 0 Å². The van der Waals surface area contributed by atoms with Crippen LogP contribution in [0.15, 0.2) is 0 Å². The van der Waals surface area contributed by atoms with E-state index in [9.17, 15) is 4.79 Å². The van der Waals surface area contributed by atoms with Crippen molar-refractivity contribution in [3.05, 3.63) is 0 Å². The largest absolute Gasteiger partial charge is 0.322 e. The zero-order valence-corrected chi connectivity index (χ0v) is 12.5. The fraction of sp³-hybridized carbons (Fsp3) is 0.923. The standard InChI is InChI=1S/C13H26N2OS/c1-6-11-13(16)15(10(4)8-17-5)12(14-11)7-9(2)3/h9-12,14H,6-8H2,1-5H3. The highest BCUT2D eigenvalue weighted by Gasteiger charge is 2.39. The Balaban J connectivity index is 2.75. The Morgan fingerprint density at radius 3 is 2.53 bits per heavy atom. The maximum absolute atomic E-state index is 12.3. The van der Waals surface area contributed by atoms with Crippen molar-refractivity contribution in [2.24, 2.45) is 5.92 Å². The molecule has 0 bridgehead atoms. The lowest BCUT2D eigenvalue weighted by Crippen LogP contribution is -2.45. The summed E-state index contributed by atoms with van der Waals surface area (Å²) in [7, 11) is 0. The number of hydrogen-bond donors (Lipinski definition) is 1. The third kappa shape index (κ3) is 3.62. The van der Waals surface area contributed by atoms with Gasteiger partial charge in [-0.05, 0) is 31.9 Å². The van der Waals surface area contributed by atoms with E-state index < -0.39 is 0 Å². The molecule has 1 rings (SSSR count). The van der Waals surface area contributed by atoms with Gasteiger partial charge in [0.25, 0.3) is 0 Å². The molecule has 3 atom stereocenters. The molecule has 1 aliphatic heterocycles. The number of thioether (sulfide) groups is 1. The summed E-state index contributed by atoms with van der Waals surface area (Å²) in [4.78, 5) is 14.4. The molecule has 1 aliphatic rings. The molecule has 0 radical (unpaired) electrons. The van der Waals surface area contributed by atoms with Crippen LogP contribution in [0, 0.1) is 5.92 Å². The molecular weight excluding hydrogens is 232 g/mol. The van der Waals surface area contributed by atoms with E-state index in [0.29, 0.717) is 17.9 Å². The van der Waals surface area contributed by atoms with Crippen molar-refractivity contribution in [2.45, 2.75) is 58.8 Å². The van der Waals surface area contributed by atoms with Crippen LogP contribution in [0.5, 0.6) is 0 Å². The molecule has 1 N–H and O–H groups in total. The first-order valence-electron chi connectivity index (χ1n) is 6.58. The minimum absolute atomic E-state index is 0.0306. The maximum Gasteiger partial charge on any atom is 0.241 e. The summed E-state index contributed by atoms with van der Waals surface area (Å²) in [5.74, 6) is 1.91. The van der Waals surface area contributed by atoms with Crippen LogP contribution in [-0.4, -0.2) is 41.1 Å². The molecule has 1 saturated heterocycles. The SMILES string of the molecule is CCC1NC(CC(C)C)N(C(C)CSC)C1=O. The fourth-order valence-corrected chi connectivity index (χ4v) is 3.13. The van der Waals surface area contributed by atoms with Gasteiger partial charge in [0.2, 0.25) is 5.91 Å². The third-order valence-corrected chi connectivity index (χ3v) is 4.08. The summed E-state index contributed by atoms with van der Waals surface area (Å²) >= 11 is 1.81. The van der Waals surface area contributed by atoms with Gasteiger partial charge in [-0.2, -0.15) is 11.8 Å². The molecule has 0 aromatic heterocycles. The molecule has 3 unspecified atom stereocenters. The van der Waals surface area contributed by atoms with Crippen molar-refractivity contribution >= 4 is 17.7 Å². The molecule has 0 saturated carbocycles. The molecule has 4 heteroatoms. The Morgan fingerprint density at radius 1 is 1.41 bits per heavy atom. The lowest BCUT2D eigenvalue weighted by atomic mass is 10.1. The van der Waals surface area contributed by atoms with Crippen molar-refractivity contribution in [3.63, 3.8) is 0 Å². The number of hydrogen-bond acceptors (Lipinski definition) is 3. The molecule has 0 aromatic carbocycles. The van der Waals surface area contributed by atoms with Crippen LogP contribution in [0.25, 0.3) is 0 Å². The lowest BCUT2D eigenvalue weighted by Gasteiger charge is -2.31. The van der Waals surface area contributed by atoms with Gasteiger partial charge in [0.05, 0.1) is 12.2 Å². The van der Waals surface area contributed by atoms with Crippen molar-refractivity contribution in [2.75, 3.05) is 12.0 Å². The molecule has 17 heavy (non-hydrogen) atoms. The number of amides is 1. The zero-order valence-electron chi connectivity index (χ0n) is 11.7. The van der Waals surface area contributed by atoms with E-state index in [0.717, 1.165) is 18.6 Å². The van der Waals surface area contributed by atoms with Gasteiger partial charge >= 0.3 is 0 Å². The number of nitrogens with one attached hydrogen (secondary N) is 1. The summed E-state index contributed by atoms with van der Waals surface area (Å²) < 4.78 is 0. The van der Waals surface area contributed by atoms with Crippen LogP contribution < -0.4 is 5.32 Å². The van der Waals surface area contributed by atoms with Crippen LogP contribution >= 0.6 is 11.8 Å². The molecule has 1 fully saturated rings. The number of rotatable bonds is 6. The van der Waals surface area contributed by atoms with Gasteiger partial charge in [0.1, 0.15) is 0 Å². The predicted molar refractivity (Wildman–Crippen MR) is 75.1 cm³/mol. The molecule has 0 spiro atoms. The van der Waals surface area contributed by atoms with E-state index in [-0.39, 0.29) is 12.2 Å². The fourth-order valence-electron chi connectivity index (χ4n) is 2.48. The minimum atomic E-state index is 0.0306. The number of carbonyl (C=O) groups is 1. The second kappa shape index (κ2) is 6.64. The molecule has 0 aromatic rings. The normalized spacial score (nSPS) is 26.9. The average Bonchev–Trinajstić information content (AvgIpc) is 2.54. The Bertz CT molecular complexity index is 258. The van der Waals surface area contributed by atoms with Gasteiger partial charge in [0, 0.05) is 11.8 Å². The summed E-state index contributed by atoms with van der Waals surface area (Å²) in [6.07, 6.45) is 4.26. The maximum atomic E-state index is 12.3. The van der Waals surface area contributed by atoms with Crippen molar-refractivity contribution in [1.82, 2.24) is 10.2 Å².